The van der Waals surface area contributed by atoms with Gasteiger partial charge in [0.1, 0.15) is 0 Å². The van der Waals surface area contributed by atoms with Crippen LogP contribution in [0.4, 0.5) is 5.69 Å². The first-order chi connectivity index (χ1) is 5.86. The molecule has 1 N–H and O–H groups in total. The fraction of sp³-hybridized carbons (Fsp3) is 0.100. The van der Waals surface area contributed by atoms with E-state index in [2.05, 4.69) is 11.4 Å². The van der Waals surface area contributed by atoms with Crippen molar-refractivity contribution in [3.63, 3.8) is 0 Å². The smallest absolute Gasteiger partial charge is 0.228 e. The highest BCUT2D eigenvalue weighted by Gasteiger charge is 2.06. The molecule has 0 atom stereocenters. The summed E-state index contributed by atoms with van der Waals surface area (Å²) in [4.78, 5) is 11.1. The molecule has 1 aliphatic heterocycles. The Morgan fingerprint density at radius 1 is 1.33 bits per heavy atom. The number of amides is 1. The molecule has 2 rings (SSSR count). The second-order valence-corrected chi connectivity index (χ2v) is 2.65. The van der Waals surface area contributed by atoms with Crippen LogP contribution >= 0.6 is 0 Å². The molecule has 0 aliphatic carbocycles. The molecular formula is C10H8NO. The van der Waals surface area contributed by atoms with Gasteiger partial charge in [0.15, 0.2) is 0 Å². The molecule has 1 amide bonds. The molecule has 0 saturated carbocycles. The maximum Gasteiger partial charge on any atom is 0.228 e. The number of nitrogens with one attached hydrogen (secondary N) is 1. The summed E-state index contributed by atoms with van der Waals surface area (Å²) in [5.41, 5.74) is 1.79. The second-order valence-electron chi connectivity index (χ2n) is 2.65. The lowest BCUT2D eigenvalue weighted by molar-refractivity contribution is -0.115. The van der Waals surface area contributed by atoms with Crippen molar-refractivity contribution in [2.75, 3.05) is 5.32 Å². The van der Waals surface area contributed by atoms with Crippen molar-refractivity contribution in [3.8, 4) is 0 Å². The zero-order valence-corrected chi connectivity index (χ0v) is 6.50. The number of carbonyl (C=O) groups excluding carboxylic acids is 1. The predicted octanol–water partition coefficient (Wildman–Crippen LogP) is 1.74. The van der Waals surface area contributed by atoms with E-state index in [9.17, 15) is 4.79 Å². The van der Waals surface area contributed by atoms with Gasteiger partial charge < -0.3 is 5.32 Å². The topological polar surface area (TPSA) is 29.1 Å². The Kier molecular flexibility index (Phi) is 1.67. The first-order valence-corrected chi connectivity index (χ1v) is 3.83. The first kappa shape index (κ1) is 7.10. The van der Waals surface area contributed by atoms with Crippen LogP contribution in [0, 0.1) is 6.08 Å². The third-order valence-corrected chi connectivity index (χ3v) is 1.75. The number of anilines is 1. The van der Waals surface area contributed by atoms with Gasteiger partial charge in [0, 0.05) is 17.7 Å². The number of hydrogen-bond acceptors (Lipinski definition) is 1. The van der Waals surface area contributed by atoms with Gasteiger partial charge in [0.25, 0.3) is 0 Å². The second kappa shape index (κ2) is 2.81. The third kappa shape index (κ3) is 1.23. The first-order valence-electron chi connectivity index (χ1n) is 3.83. The average Bonchev–Trinajstić information content (AvgIpc) is 2.25. The Balaban J connectivity index is 2.48. The van der Waals surface area contributed by atoms with Crippen molar-refractivity contribution in [2.24, 2.45) is 0 Å². The highest BCUT2D eigenvalue weighted by Crippen LogP contribution is 2.17. The summed E-state index contributed by atoms with van der Waals surface area (Å²) < 4.78 is 0. The van der Waals surface area contributed by atoms with Gasteiger partial charge in [0.2, 0.25) is 5.91 Å². The van der Waals surface area contributed by atoms with E-state index in [-0.39, 0.29) is 5.91 Å². The summed E-state index contributed by atoms with van der Waals surface area (Å²) in [7, 11) is 0. The summed E-state index contributed by atoms with van der Waals surface area (Å²) in [5, 5.41) is 2.79. The molecule has 1 radical (unpaired) electrons. The molecule has 0 spiro atoms. The molecular weight excluding hydrogens is 150 g/mol. The van der Waals surface area contributed by atoms with Gasteiger partial charge in [0.05, 0.1) is 0 Å². The quantitative estimate of drug-likeness (QED) is 0.612. The average molecular weight is 158 g/mol. The lowest BCUT2D eigenvalue weighted by Crippen LogP contribution is -2.08. The predicted molar refractivity (Wildman–Crippen MR) is 46.6 cm³/mol. The van der Waals surface area contributed by atoms with E-state index in [0.29, 0.717) is 6.42 Å². The highest BCUT2D eigenvalue weighted by atomic mass is 16.1. The Bertz CT molecular complexity index is 341. The van der Waals surface area contributed by atoms with Crippen molar-refractivity contribution in [1.29, 1.82) is 0 Å². The summed E-state index contributed by atoms with van der Waals surface area (Å²) in [6, 6.07) is 7.63. The number of carbonyl (C=O) groups is 1. The molecule has 1 aliphatic rings. The molecule has 59 valence electrons. The van der Waals surface area contributed by atoms with Crippen LogP contribution in [0.2, 0.25) is 0 Å². The number of para-hydroxylation sites is 1. The third-order valence-electron chi connectivity index (χ3n) is 1.75. The van der Waals surface area contributed by atoms with E-state index in [4.69, 9.17) is 0 Å². The van der Waals surface area contributed by atoms with Crippen LogP contribution in [0.1, 0.15) is 12.0 Å². The number of hydrogen-bond donors (Lipinski definition) is 1. The Morgan fingerprint density at radius 3 is 3.08 bits per heavy atom. The van der Waals surface area contributed by atoms with E-state index in [1.54, 1.807) is 6.08 Å². The zero-order chi connectivity index (χ0) is 8.39. The van der Waals surface area contributed by atoms with Crippen molar-refractivity contribution in [2.45, 2.75) is 6.42 Å². The maximum absolute atomic E-state index is 11.1. The normalized spacial score (nSPS) is 14.8. The molecule has 1 aromatic rings. The van der Waals surface area contributed by atoms with Gasteiger partial charge in [-0.2, -0.15) is 0 Å². The van der Waals surface area contributed by atoms with Crippen LogP contribution in [0.15, 0.2) is 30.3 Å². The standard InChI is InChI=1S/C10H8NO/c12-10-7-3-5-8-4-1-2-6-9(8)11-10/h1-4,6H,7H2,(H,11,12). The van der Waals surface area contributed by atoms with Crippen LogP contribution < -0.4 is 5.32 Å². The van der Waals surface area contributed by atoms with Crippen molar-refractivity contribution in [3.05, 3.63) is 42.0 Å². The van der Waals surface area contributed by atoms with Crippen molar-refractivity contribution >= 4 is 11.6 Å². The molecule has 2 heteroatoms. The Labute approximate surface area is 70.9 Å². The number of fused-ring (bicyclic) bond motifs is 1. The largest absolute Gasteiger partial charge is 0.325 e. The van der Waals surface area contributed by atoms with Gasteiger partial charge in [-0.25, -0.2) is 0 Å². The summed E-state index contributed by atoms with van der Waals surface area (Å²) >= 11 is 0. The van der Waals surface area contributed by atoms with Crippen LogP contribution in [0.25, 0.3) is 0 Å². The lowest BCUT2D eigenvalue weighted by Gasteiger charge is -2.03. The van der Waals surface area contributed by atoms with Gasteiger partial charge in [-0.15, -0.1) is 0 Å². The molecule has 0 unspecified atom stereocenters. The minimum atomic E-state index is 0.0208. The lowest BCUT2D eigenvalue weighted by atomic mass is 10.2. The molecule has 12 heavy (non-hydrogen) atoms. The molecule has 0 saturated heterocycles. The minimum Gasteiger partial charge on any atom is -0.325 e. The number of rotatable bonds is 0. The monoisotopic (exact) mass is 158 g/mol. The van der Waals surface area contributed by atoms with Crippen molar-refractivity contribution in [1.82, 2.24) is 0 Å². The SMILES string of the molecule is O=C1CC=[C]c2ccccc2N1. The minimum absolute atomic E-state index is 0.0208. The Morgan fingerprint density at radius 2 is 2.17 bits per heavy atom. The maximum atomic E-state index is 11.1. The summed E-state index contributed by atoms with van der Waals surface area (Å²) in [5.74, 6) is 0.0208. The summed E-state index contributed by atoms with van der Waals surface area (Å²) in [6.45, 7) is 0. The fourth-order valence-corrected chi connectivity index (χ4v) is 1.17. The molecule has 1 aromatic carbocycles. The molecule has 0 aromatic heterocycles. The highest BCUT2D eigenvalue weighted by molar-refractivity contribution is 5.93. The fourth-order valence-electron chi connectivity index (χ4n) is 1.17. The van der Waals surface area contributed by atoms with Crippen LogP contribution in [-0.4, -0.2) is 5.91 Å². The zero-order valence-electron chi connectivity index (χ0n) is 6.50. The van der Waals surface area contributed by atoms with E-state index >= 15 is 0 Å². The molecule has 1 heterocycles. The van der Waals surface area contributed by atoms with Crippen LogP contribution in [0.3, 0.4) is 0 Å². The van der Waals surface area contributed by atoms with Crippen molar-refractivity contribution < 1.29 is 4.79 Å². The molecule has 2 nitrogen and oxygen atoms in total. The van der Waals surface area contributed by atoms with E-state index in [1.165, 1.54) is 0 Å². The number of benzene rings is 1. The Hall–Kier alpha value is -1.57. The van der Waals surface area contributed by atoms with Crippen LogP contribution in [-0.2, 0) is 4.79 Å². The van der Waals surface area contributed by atoms with Gasteiger partial charge >= 0.3 is 0 Å². The van der Waals surface area contributed by atoms with Gasteiger partial charge in [-0.3, -0.25) is 4.79 Å². The van der Waals surface area contributed by atoms with Gasteiger partial charge in [-0.05, 0) is 12.1 Å². The summed E-state index contributed by atoms with van der Waals surface area (Å²) in [6.07, 6.45) is 5.21. The van der Waals surface area contributed by atoms with Gasteiger partial charge in [-0.1, -0.05) is 24.3 Å². The van der Waals surface area contributed by atoms with Crippen LogP contribution in [0.5, 0.6) is 0 Å². The molecule has 0 bridgehead atoms. The molecule has 0 fully saturated rings. The van der Waals surface area contributed by atoms with E-state index in [1.807, 2.05) is 24.3 Å². The van der Waals surface area contributed by atoms with E-state index < -0.39 is 0 Å². The van der Waals surface area contributed by atoms with E-state index in [0.717, 1.165) is 11.3 Å².